The Balaban J connectivity index is 1.84. The lowest BCUT2D eigenvalue weighted by Crippen LogP contribution is -2.00. The van der Waals surface area contributed by atoms with Gasteiger partial charge in [-0.05, 0) is 23.8 Å². The molecule has 106 valence electrons. The Kier molecular flexibility index (Phi) is 3.45. The van der Waals surface area contributed by atoms with Crippen LogP contribution in [-0.4, -0.2) is 14.9 Å². The van der Waals surface area contributed by atoms with Gasteiger partial charge in [-0.2, -0.15) is 0 Å². The molecule has 2 heterocycles. The lowest BCUT2D eigenvalue weighted by Gasteiger charge is -2.07. The van der Waals surface area contributed by atoms with Crippen LogP contribution in [0.1, 0.15) is 5.56 Å². The summed E-state index contributed by atoms with van der Waals surface area (Å²) in [5.74, 6) is 0. The summed E-state index contributed by atoms with van der Waals surface area (Å²) in [6.45, 7) is 0.493. The first-order valence-corrected chi connectivity index (χ1v) is 6.62. The molecule has 0 aliphatic heterocycles. The molecular formula is C14H11ClN4O2. The Bertz CT molecular complexity index is 816. The van der Waals surface area contributed by atoms with Crippen molar-refractivity contribution >= 4 is 34.0 Å². The van der Waals surface area contributed by atoms with Crippen molar-refractivity contribution in [1.82, 2.24) is 9.97 Å². The topological polar surface area (TPSA) is 83.9 Å². The third-order valence-electron chi connectivity index (χ3n) is 3.17. The summed E-state index contributed by atoms with van der Waals surface area (Å²) in [6, 6.07) is 8.14. The predicted octanol–water partition coefficient (Wildman–Crippen LogP) is 3.74. The lowest BCUT2D eigenvalue weighted by molar-refractivity contribution is -0.384. The second kappa shape index (κ2) is 5.41. The van der Waals surface area contributed by atoms with Gasteiger partial charge >= 0.3 is 0 Å². The van der Waals surface area contributed by atoms with Crippen LogP contribution in [0, 0.1) is 10.1 Å². The van der Waals surface area contributed by atoms with Gasteiger partial charge in [0.1, 0.15) is 5.65 Å². The van der Waals surface area contributed by atoms with Crippen molar-refractivity contribution in [2.75, 3.05) is 5.32 Å². The first-order valence-electron chi connectivity index (χ1n) is 6.24. The number of benzene rings is 1. The van der Waals surface area contributed by atoms with Gasteiger partial charge in [0.05, 0.1) is 15.6 Å². The molecule has 0 fully saturated rings. The number of nitro groups is 1. The number of nitro benzene ring substituents is 1. The van der Waals surface area contributed by atoms with Gasteiger partial charge in [0, 0.05) is 36.5 Å². The highest BCUT2D eigenvalue weighted by Gasteiger charge is 2.10. The zero-order valence-electron chi connectivity index (χ0n) is 10.8. The van der Waals surface area contributed by atoms with E-state index in [-0.39, 0.29) is 5.69 Å². The molecule has 3 rings (SSSR count). The van der Waals surface area contributed by atoms with Crippen molar-refractivity contribution in [3.8, 4) is 0 Å². The molecule has 0 bridgehead atoms. The summed E-state index contributed by atoms with van der Waals surface area (Å²) in [4.78, 5) is 17.6. The number of hydrogen-bond acceptors (Lipinski definition) is 4. The fourth-order valence-corrected chi connectivity index (χ4v) is 2.30. The summed E-state index contributed by atoms with van der Waals surface area (Å²) in [6.07, 6.45) is 3.57. The van der Waals surface area contributed by atoms with E-state index in [9.17, 15) is 10.1 Å². The quantitative estimate of drug-likeness (QED) is 0.568. The number of rotatable bonds is 4. The third kappa shape index (κ3) is 2.66. The van der Waals surface area contributed by atoms with Crippen molar-refractivity contribution in [2.24, 2.45) is 0 Å². The van der Waals surface area contributed by atoms with Gasteiger partial charge in [0.25, 0.3) is 5.69 Å². The highest BCUT2D eigenvalue weighted by atomic mass is 35.5. The molecule has 3 aromatic rings. The largest absolute Gasteiger partial charge is 0.379 e. The molecule has 7 heteroatoms. The maximum atomic E-state index is 10.8. The number of pyridine rings is 1. The lowest BCUT2D eigenvalue weighted by atomic mass is 10.2. The first-order chi connectivity index (χ1) is 10.1. The van der Waals surface area contributed by atoms with E-state index in [2.05, 4.69) is 15.3 Å². The molecule has 0 aliphatic rings. The molecule has 0 saturated heterocycles. The molecule has 0 spiro atoms. The number of nitrogens with one attached hydrogen (secondary N) is 2. The van der Waals surface area contributed by atoms with Crippen LogP contribution >= 0.6 is 11.6 Å². The van der Waals surface area contributed by atoms with E-state index in [1.807, 2.05) is 18.3 Å². The number of non-ortho nitro benzene ring substituents is 1. The smallest absolute Gasteiger partial charge is 0.271 e. The van der Waals surface area contributed by atoms with E-state index < -0.39 is 4.92 Å². The van der Waals surface area contributed by atoms with Gasteiger partial charge in [-0.25, -0.2) is 4.98 Å². The van der Waals surface area contributed by atoms with Crippen LogP contribution in [-0.2, 0) is 6.54 Å². The molecule has 6 nitrogen and oxygen atoms in total. The number of aromatic amines is 1. The Morgan fingerprint density at radius 3 is 3.05 bits per heavy atom. The van der Waals surface area contributed by atoms with E-state index in [4.69, 9.17) is 11.6 Å². The van der Waals surface area contributed by atoms with Crippen LogP contribution in [0.15, 0.2) is 42.7 Å². The second-order valence-corrected chi connectivity index (χ2v) is 4.90. The molecule has 0 aliphatic carbocycles. The van der Waals surface area contributed by atoms with Gasteiger partial charge in [-0.15, -0.1) is 0 Å². The van der Waals surface area contributed by atoms with Crippen molar-refractivity contribution in [3.05, 3.63) is 63.4 Å². The van der Waals surface area contributed by atoms with E-state index in [1.165, 1.54) is 18.2 Å². The third-order valence-corrected chi connectivity index (χ3v) is 3.50. The minimum absolute atomic E-state index is 0.00231. The maximum absolute atomic E-state index is 10.8. The molecular weight excluding hydrogens is 292 g/mol. The summed E-state index contributed by atoms with van der Waals surface area (Å²) in [5.41, 5.74) is 2.35. The van der Waals surface area contributed by atoms with Gasteiger partial charge in [0.15, 0.2) is 0 Å². The molecule has 2 aromatic heterocycles. The van der Waals surface area contributed by atoms with E-state index in [0.29, 0.717) is 17.3 Å². The predicted molar refractivity (Wildman–Crippen MR) is 81.5 cm³/mol. The number of aromatic nitrogens is 2. The van der Waals surface area contributed by atoms with Crippen molar-refractivity contribution < 1.29 is 4.92 Å². The highest BCUT2D eigenvalue weighted by Crippen LogP contribution is 2.27. The van der Waals surface area contributed by atoms with Crippen LogP contribution in [0.3, 0.4) is 0 Å². The molecule has 0 saturated carbocycles. The monoisotopic (exact) mass is 302 g/mol. The Morgan fingerprint density at radius 1 is 1.38 bits per heavy atom. The van der Waals surface area contributed by atoms with Crippen LogP contribution in [0.2, 0.25) is 5.02 Å². The number of halogens is 1. The molecule has 0 amide bonds. The molecule has 21 heavy (non-hydrogen) atoms. The SMILES string of the molecule is O=[N+]([O-])c1ccc(Cl)c(NCc2c[nH]c3ncccc23)c1. The molecule has 2 N–H and O–H groups in total. The Morgan fingerprint density at radius 2 is 2.24 bits per heavy atom. The minimum atomic E-state index is -0.447. The van der Waals surface area contributed by atoms with Crippen LogP contribution in [0.4, 0.5) is 11.4 Å². The number of H-pyrrole nitrogens is 1. The van der Waals surface area contributed by atoms with Gasteiger partial charge in [0.2, 0.25) is 0 Å². The first kappa shape index (κ1) is 13.4. The van der Waals surface area contributed by atoms with Gasteiger partial charge in [-0.1, -0.05) is 11.6 Å². The number of fused-ring (bicyclic) bond motifs is 1. The van der Waals surface area contributed by atoms with Crippen LogP contribution < -0.4 is 5.32 Å². The van der Waals surface area contributed by atoms with Crippen molar-refractivity contribution in [2.45, 2.75) is 6.54 Å². The average molecular weight is 303 g/mol. The van der Waals surface area contributed by atoms with E-state index >= 15 is 0 Å². The van der Waals surface area contributed by atoms with Crippen molar-refractivity contribution in [3.63, 3.8) is 0 Å². The van der Waals surface area contributed by atoms with E-state index in [1.54, 1.807) is 6.20 Å². The number of anilines is 1. The molecule has 0 unspecified atom stereocenters. The summed E-state index contributed by atoms with van der Waals surface area (Å²) >= 11 is 6.05. The molecule has 1 aromatic carbocycles. The second-order valence-electron chi connectivity index (χ2n) is 4.49. The van der Waals surface area contributed by atoms with Gasteiger partial charge < -0.3 is 10.3 Å². The highest BCUT2D eigenvalue weighted by molar-refractivity contribution is 6.33. The maximum Gasteiger partial charge on any atom is 0.271 e. The van der Waals surface area contributed by atoms with E-state index in [0.717, 1.165) is 16.6 Å². The number of nitrogens with zero attached hydrogens (tertiary/aromatic N) is 2. The standard InChI is InChI=1S/C14H11ClN4O2/c15-12-4-3-10(19(20)21)6-13(12)17-7-9-8-18-14-11(9)2-1-5-16-14/h1-6,8,17H,7H2,(H,16,18). The fraction of sp³-hybridized carbons (Fsp3) is 0.0714. The zero-order chi connectivity index (χ0) is 14.8. The summed E-state index contributed by atoms with van der Waals surface area (Å²) in [5, 5.41) is 15.4. The molecule has 0 radical (unpaired) electrons. The average Bonchev–Trinajstić information content (AvgIpc) is 2.89. The zero-order valence-corrected chi connectivity index (χ0v) is 11.6. The fourth-order valence-electron chi connectivity index (χ4n) is 2.11. The molecule has 0 atom stereocenters. The van der Waals surface area contributed by atoms with Crippen molar-refractivity contribution in [1.29, 1.82) is 0 Å². The number of hydrogen-bond donors (Lipinski definition) is 2. The minimum Gasteiger partial charge on any atom is -0.379 e. The van der Waals surface area contributed by atoms with Crippen LogP contribution in [0.5, 0.6) is 0 Å². The normalized spacial score (nSPS) is 10.7. The van der Waals surface area contributed by atoms with Gasteiger partial charge in [-0.3, -0.25) is 10.1 Å². The summed E-state index contributed by atoms with van der Waals surface area (Å²) in [7, 11) is 0. The van der Waals surface area contributed by atoms with Crippen LogP contribution in [0.25, 0.3) is 11.0 Å². The Labute approximate surface area is 124 Å². The summed E-state index contributed by atoms with van der Waals surface area (Å²) < 4.78 is 0. The Hall–Kier alpha value is -2.60.